The minimum absolute atomic E-state index is 0.156. The highest BCUT2D eigenvalue weighted by atomic mass is 32.2. The number of thiocarbonyl (C=S) groups is 1. The average Bonchev–Trinajstić information content (AvgIpc) is 3.04. The van der Waals surface area contributed by atoms with Gasteiger partial charge in [-0.15, -0.1) is 0 Å². The van der Waals surface area contributed by atoms with Gasteiger partial charge in [0.05, 0.1) is 0 Å². The number of amides is 2. The minimum atomic E-state index is -0.459. The van der Waals surface area contributed by atoms with Crippen LogP contribution in [0.5, 0.6) is 0 Å². The molecule has 1 atom stereocenters. The second-order valence-electron chi connectivity index (χ2n) is 5.49. The van der Waals surface area contributed by atoms with E-state index in [2.05, 4.69) is 10.1 Å². The van der Waals surface area contributed by atoms with Gasteiger partial charge in [-0.1, -0.05) is 29.1 Å². The number of likely N-dealkylation sites (tertiary alicyclic amines) is 1. The average molecular weight is 339 g/mol. The summed E-state index contributed by atoms with van der Waals surface area (Å²) >= 11 is 6.75. The van der Waals surface area contributed by atoms with Crippen molar-refractivity contribution in [3.8, 4) is 0 Å². The second kappa shape index (κ2) is 6.37. The molecule has 0 N–H and O–H groups in total. The smallest absolute Gasteiger partial charge is 0.249 e. The van der Waals surface area contributed by atoms with E-state index in [1.165, 1.54) is 18.2 Å². The van der Waals surface area contributed by atoms with Gasteiger partial charge in [-0.25, -0.2) is 4.90 Å². The summed E-state index contributed by atoms with van der Waals surface area (Å²) in [6.07, 6.45) is 3.64. The SMILES string of the molecule is Cc1cc(N2C(=O)C[C@H](SC(=S)N3CCCCC3)C2=O)no1. The summed E-state index contributed by atoms with van der Waals surface area (Å²) in [5, 5.41) is 3.30. The molecule has 118 valence electrons. The van der Waals surface area contributed by atoms with Crippen LogP contribution in [0.3, 0.4) is 0 Å². The highest BCUT2D eigenvalue weighted by Gasteiger charge is 2.42. The number of nitrogens with zero attached hydrogens (tertiary/aromatic N) is 3. The third-order valence-corrected chi connectivity index (χ3v) is 5.47. The molecule has 8 heteroatoms. The van der Waals surface area contributed by atoms with Gasteiger partial charge >= 0.3 is 0 Å². The summed E-state index contributed by atoms with van der Waals surface area (Å²) in [6, 6.07) is 1.59. The monoisotopic (exact) mass is 339 g/mol. The fourth-order valence-corrected chi connectivity index (χ4v) is 4.21. The maximum Gasteiger partial charge on any atom is 0.249 e. The van der Waals surface area contributed by atoms with Crippen LogP contribution < -0.4 is 4.90 Å². The number of carbonyl (C=O) groups excluding carboxylic acids is 2. The predicted octanol–water partition coefficient (Wildman–Crippen LogP) is 2.12. The molecule has 3 rings (SSSR count). The molecule has 0 unspecified atom stereocenters. The van der Waals surface area contributed by atoms with Gasteiger partial charge in [-0.05, 0) is 26.2 Å². The number of hydrogen-bond donors (Lipinski definition) is 0. The Bertz CT molecular complexity index is 610. The van der Waals surface area contributed by atoms with Crippen LogP contribution >= 0.6 is 24.0 Å². The first-order chi connectivity index (χ1) is 10.6. The maximum atomic E-state index is 12.5. The van der Waals surface area contributed by atoms with Gasteiger partial charge in [-0.2, -0.15) is 0 Å². The van der Waals surface area contributed by atoms with E-state index in [-0.39, 0.29) is 24.1 Å². The van der Waals surface area contributed by atoms with E-state index in [1.807, 2.05) is 0 Å². The lowest BCUT2D eigenvalue weighted by molar-refractivity contribution is -0.121. The molecule has 0 bridgehead atoms. The Balaban J connectivity index is 1.67. The molecule has 0 aromatic carbocycles. The number of aromatic nitrogens is 1. The maximum absolute atomic E-state index is 12.5. The molecule has 1 aromatic heterocycles. The minimum Gasteiger partial charge on any atom is -0.360 e. The number of thioether (sulfide) groups is 1. The molecule has 0 aliphatic carbocycles. The van der Waals surface area contributed by atoms with Crippen molar-refractivity contribution in [1.82, 2.24) is 10.1 Å². The second-order valence-corrected chi connectivity index (χ2v) is 7.32. The van der Waals surface area contributed by atoms with Crippen LogP contribution in [0.2, 0.25) is 0 Å². The Morgan fingerprint density at radius 1 is 1.36 bits per heavy atom. The zero-order valence-corrected chi connectivity index (χ0v) is 13.9. The number of aryl methyl sites for hydroxylation is 1. The summed E-state index contributed by atoms with van der Waals surface area (Å²) in [5.41, 5.74) is 0. The molecule has 2 fully saturated rings. The Morgan fingerprint density at radius 3 is 2.73 bits per heavy atom. The third kappa shape index (κ3) is 3.03. The summed E-state index contributed by atoms with van der Waals surface area (Å²) in [5.74, 6) is 0.315. The summed E-state index contributed by atoms with van der Waals surface area (Å²) < 4.78 is 5.66. The van der Waals surface area contributed by atoms with Gasteiger partial charge < -0.3 is 9.42 Å². The zero-order chi connectivity index (χ0) is 15.7. The van der Waals surface area contributed by atoms with E-state index in [1.54, 1.807) is 13.0 Å². The largest absolute Gasteiger partial charge is 0.360 e. The topological polar surface area (TPSA) is 66.7 Å². The molecule has 2 aliphatic rings. The molecular weight excluding hydrogens is 322 g/mol. The Hall–Kier alpha value is -1.41. The van der Waals surface area contributed by atoms with Crippen LogP contribution in [0.4, 0.5) is 5.82 Å². The lowest BCUT2D eigenvalue weighted by atomic mass is 10.1. The van der Waals surface area contributed by atoms with Gasteiger partial charge in [0.1, 0.15) is 15.3 Å². The van der Waals surface area contributed by atoms with Crippen LogP contribution in [-0.2, 0) is 9.59 Å². The Morgan fingerprint density at radius 2 is 2.09 bits per heavy atom. The number of imide groups is 1. The van der Waals surface area contributed by atoms with Crippen molar-refractivity contribution in [2.75, 3.05) is 18.0 Å². The fourth-order valence-electron chi connectivity index (χ4n) is 2.67. The first-order valence-electron chi connectivity index (χ1n) is 7.32. The van der Waals surface area contributed by atoms with Crippen LogP contribution in [-0.4, -0.2) is 44.5 Å². The quantitative estimate of drug-likeness (QED) is 0.604. The van der Waals surface area contributed by atoms with E-state index >= 15 is 0 Å². The summed E-state index contributed by atoms with van der Waals surface area (Å²) in [6.45, 7) is 3.60. The first-order valence-corrected chi connectivity index (χ1v) is 8.61. The van der Waals surface area contributed by atoms with Crippen LogP contribution in [0.15, 0.2) is 10.6 Å². The lowest BCUT2D eigenvalue weighted by Gasteiger charge is -2.29. The van der Waals surface area contributed by atoms with E-state index in [0.29, 0.717) is 10.1 Å². The van der Waals surface area contributed by atoms with E-state index in [0.717, 1.165) is 30.8 Å². The summed E-state index contributed by atoms with van der Waals surface area (Å²) in [4.78, 5) is 27.8. The van der Waals surface area contributed by atoms with Crippen LogP contribution in [0.25, 0.3) is 0 Å². The molecule has 22 heavy (non-hydrogen) atoms. The molecule has 6 nitrogen and oxygen atoms in total. The standard InChI is InChI=1S/C14H17N3O3S2/c1-9-7-11(15-20-9)17-12(18)8-10(13(17)19)22-14(21)16-5-3-2-4-6-16/h7,10H,2-6,8H2,1H3/t10-/m0/s1. The third-order valence-electron chi connectivity index (χ3n) is 3.81. The van der Waals surface area contributed by atoms with E-state index < -0.39 is 5.25 Å². The van der Waals surface area contributed by atoms with E-state index in [9.17, 15) is 9.59 Å². The van der Waals surface area contributed by atoms with Gasteiger partial charge in [-0.3, -0.25) is 9.59 Å². The molecule has 3 heterocycles. The fraction of sp³-hybridized carbons (Fsp3) is 0.571. The number of anilines is 1. The van der Waals surface area contributed by atoms with Gasteiger partial charge in [0.15, 0.2) is 5.82 Å². The van der Waals surface area contributed by atoms with Crippen molar-refractivity contribution in [1.29, 1.82) is 0 Å². The summed E-state index contributed by atoms with van der Waals surface area (Å²) in [7, 11) is 0. The van der Waals surface area contributed by atoms with Crippen molar-refractivity contribution in [3.63, 3.8) is 0 Å². The van der Waals surface area contributed by atoms with Gasteiger partial charge in [0.25, 0.3) is 0 Å². The highest BCUT2D eigenvalue weighted by Crippen LogP contribution is 2.31. The van der Waals surface area contributed by atoms with Crippen molar-refractivity contribution in [2.24, 2.45) is 0 Å². The van der Waals surface area contributed by atoms with Crippen LogP contribution in [0.1, 0.15) is 31.4 Å². The lowest BCUT2D eigenvalue weighted by Crippen LogP contribution is -2.35. The van der Waals surface area contributed by atoms with Gasteiger partial charge in [0.2, 0.25) is 11.8 Å². The van der Waals surface area contributed by atoms with Crippen molar-refractivity contribution in [3.05, 3.63) is 11.8 Å². The number of hydrogen-bond acceptors (Lipinski definition) is 6. The number of carbonyl (C=O) groups is 2. The number of rotatable bonds is 2. The molecule has 0 radical (unpaired) electrons. The predicted molar refractivity (Wildman–Crippen MR) is 87.8 cm³/mol. The molecule has 2 aliphatic heterocycles. The molecular formula is C14H17N3O3S2. The molecule has 1 aromatic rings. The Labute approximate surface area is 138 Å². The van der Waals surface area contributed by atoms with E-state index in [4.69, 9.17) is 16.7 Å². The number of piperidine rings is 1. The Kier molecular flexibility index (Phi) is 4.49. The van der Waals surface area contributed by atoms with Crippen molar-refractivity contribution < 1.29 is 14.1 Å². The highest BCUT2D eigenvalue weighted by molar-refractivity contribution is 8.23. The van der Waals surface area contributed by atoms with Crippen LogP contribution in [0, 0.1) is 6.92 Å². The first kappa shape index (κ1) is 15.5. The zero-order valence-electron chi connectivity index (χ0n) is 12.3. The normalized spacial score (nSPS) is 22.5. The van der Waals surface area contributed by atoms with Gasteiger partial charge in [0, 0.05) is 25.6 Å². The molecule has 2 amide bonds. The molecule has 0 saturated carbocycles. The molecule has 2 saturated heterocycles. The van der Waals surface area contributed by atoms with Crippen molar-refractivity contribution >= 4 is 45.9 Å². The van der Waals surface area contributed by atoms with Crippen molar-refractivity contribution in [2.45, 2.75) is 37.9 Å². The molecule has 0 spiro atoms.